The molecule has 0 saturated heterocycles. The number of nitrogens with one attached hydrogen (secondary N) is 1. The van der Waals surface area contributed by atoms with E-state index in [0.29, 0.717) is 5.56 Å². The normalized spacial score (nSPS) is 10.7. The topological polar surface area (TPSA) is 74.0 Å². The molecule has 0 atom stereocenters. The zero-order valence-electron chi connectivity index (χ0n) is 14.8. The number of hydrazone groups is 1. The first-order valence-electron chi connectivity index (χ1n) is 8.58. The van der Waals surface area contributed by atoms with E-state index in [2.05, 4.69) is 26.6 Å². The molecule has 5 nitrogen and oxygen atoms in total. The molecule has 1 N–H and O–H groups in total. The van der Waals surface area contributed by atoms with Crippen LogP contribution in [0.1, 0.15) is 11.1 Å². The molecule has 134 valence electrons. The summed E-state index contributed by atoms with van der Waals surface area (Å²) in [5, 5.41) is 15.9. The Bertz CT molecular complexity index is 1120. The average molecular weight is 381 g/mol. The van der Waals surface area contributed by atoms with Gasteiger partial charge in [0.25, 0.3) is 0 Å². The first-order chi connectivity index (χ1) is 13.8. The Morgan fingerprint density at radius 1 is 0.929 bits per heavy atom. The predicted molar refractivity (Wildman–Crippen MR) is 113 cm³/mol. The summed E-state index contributed by atoms with van der Waals surface area (Å²) in [5.74, 6) is 0. The van der Waals surface area contributed by atoms with Crippen LogP contribution in [0.5, 0.6) is 0 Å². The zero-order valence-corrected chi connectivity index (χ0v) is 15.6. The van der Waals surface area contributed by atoms with E-state index in [9.17, 15) is 0 Å². The summed E-state index contributed by atoms with van der Waals surface area (Å²) in [5.41, 5.74) is 8.33. The fraction of sp³-hybridized carbons (Fsp3) is 0. The van der Waals surface area contributed by atoms with Gasteiger partial charge in [0, 0.05) is 22.7 Å². The molecule has 0 saturated carbocycles. The molecule has 28 heavy (non-hydrogen) atoms. The molecule has 2 aromatic carbocycles. The molecule has 2 heterocycles. The van der Waals surface area contributed by atoms with Crippen molar-refractivity contribution in [1.82, 2.24) is 9.97 Å². The van der Waals surface area contributed by atoms with E-state index in [1.165, 1.54) is 11.3 Å². The number of hydrogen-bond donors (Lipinski definition) is 1. The maximum Gasteiger partial charge on any atom is 0.203 e. The number of rotatable bonds is 5. The van der Waals surface area contributed by atoms with Crippen LogP contribution in [0.15, 0.2) is 83.4 Å². The lowest BCUT2D eigenvalue weighted by atomic mass is 10.1. The van der Waals surface area contributed by atoms with Gasteiger partial charge in [-0.3, -0.25) is 10.4 Å². The summed E-state index contributed by atoms with van der Waals surface area (Å²) < 4.78 is 0. The molecule has 0 bridgehead atoms. The SMILES string of the molecule is N#Cc1ccc(-c2ccc(C=NNc3nc(-c4ccccc4)cs3)cc2)nc1. The van der Waals surface area contributed by atoms with Gasteiger partial charge in [-0.2, -0.15) is 10.4 Å². The van der Waals surface area contributed by atoms with Crippen molar-refractivity contribution in [1.29, 1.82) is 5.26 Å². The lowest BCUT2D eigenvalue weighted by Crippen LogP contribution is -1.91. The number of pyridine rings is 1. The fourth-order valence-corrected chi connectivity index (χ4v) is 3.27. The molecule has 4 aromatic rings. The smallest absolute Gasteiger partial charge is 0.203 e. The van der Waals surface area contributed by atoms with Crippen molar-refractivity contribution in [2.75, 3.05) is 5.43 Å². The number of aromatic nitrogens is 2. The lowest BCUT2D eigenvalue weighted by Gasteiger charge is -2.01. The van der Waals surface area contributed by atoms with Gasteiger partial charge in [0.05, 0.1) is 23.2 Å². The van der Waals surface area contributed by atoms with Crippen LogP contribution in [0.2, 0.25) is 0 Å². The van der Waals surface area contributed by atoms with Crippen molar-refractivity contribution in [2.24, 2.45) is 5.10 Å². The second-order valence-corrected chi connectivity index (χ2v) is 6.80. The van der Waals surface area contributed by atoms with Crippen LogP contribution in [-0.2, 0) is 0 Å². The van der Waals surface area contributed by atoms with E-state index >= 15 is 0 Å². The largest absolute Gasteiger partial charge is 0.255 e. The monoisotopic (exact) mass is 381 g/mol. The number of benzene rings is 2. The van der Waals surface area contributed by atoms with E-state index in [-0.39, 0.29) is 0 Å². The molecule has 0 aliphatic rings. The van der Waals surface area contributed by atoms with Crippen molar-refractivity contribution >= 4 is 22.7 Å². The molecular weight excluding hydrogens is 366 g/mol. The Morgan fingerprint density at radius 2 is 1.71 bits per heavy atom. The molecule has 4 rings (SSSR count). The second-order valence-electron chi connectivity index (χ2n) is 5.94. The molecule has 0 aliphatic carbocycles. The third kappa shape index (κ3) is 4.11. The van der Waals surface area contributed by atoms with Crippen LogP contribution in [0.25, 0.3) is 22.5 Å². The van der Waals surface area contributed by atoms with Gasteiger partial charge in [0.1, 0.15) is 6.07 Å². The van der Waals surface area contributed by atoms with Gasteiger partial charge >= 0.3 is 0 Å². The van der Waals surface area contributed by atoms with Crippen molar-refractivity contribution in [2.45, 2.75) is 0 Å². The lowest BCUT2D eigenvalue weighted by molar-refractivity contribution is 1.29. The summed E-state index contributed by atoms with van der Waals surface area (Å²) in [6.07, 6.45) is 3.33. The van der Waals surface area contributed by atoms with Crippen molar-refractivity contribution in [3.8, 4) is 28.6 Å². The van der Waals surface area contributed by atoms with Gasteiger partial charge in [-0.05, 0) is 17.7 Å². The summed E-state index contributed by atoms with van der Waals surface area (Å²) in [7, 11) is 0. The van der Waals surface area contributed by atoms with E-state index in [1.807, 2.05) is 66.0 Å². The Morgan fingerprint density at radius 3 is 2.43 bits per heavy atom. The summed E-state index contributed by atoms with van der Waals surface area (Å²) in [4.78, 5) is 8.85. The van der Waals surface area contributed by atoms with Crippen LogP contribution in [0, 0.1) is 11.3 Å². The molecule has 0 aliphatic heterocycles. The van der Waals surface area contributed by atoms with Crippen LogP contribution in [0.3, 0.4) is 0 Å². The molecule has 0 fully saturated rings. The quantitative estimate of drug-likeness (QED) is 0.381. The highest BCUT2D eigenvalue weighted by Gasteiger charge is 2.03. The average Bonchev–Trinajstić information content (AvgIpc) is 3.24. The minimum atomic E-state index is 0.552. The molecule has 0 spiro atoms. The molecule has 6 heteroatoms. The van der Waals surface area contributed by atoms with E-state index in [1.54, 1.807) is 18.5 Å². The summed E-state index contributed by atoms with van der Waals surface area (Å²) in [6.45, 7) is 0. The summed E-state index contributed by atoms with van der Waals surface area (Å²) in [6, 6.07) is 23.6. The standard InChI is InChI=1S/C22H15N5S/c23-12-17-8-11-20(24-13-17)19-9-6-16(7-10-19)14-25-27-22-26-21(15-28-22)18-4-2-1-3-5-18/h1-11,13-15H,(H,26,27). The molecule has 0 radical (unpaired) electrons. The van der Waals surface area contributed by atoms with Gasteiger partial charge in [-0.25, -0.2) is 4.98 Å². The third-order valence-corrected chi connectivity index (χ3v) is 4.79. The molecule has 2 aromatic heterocycles. The van der Waals surface area contributed by atoms with Gasteiger partial charge < -0.3 is 0 Å². The van der Waals surface area contributed by atoms with Crippen molar-refractivity contribution < 1.29 is 0 Å². The zero-order chi connectivity index (χ0) is 19.2. The number of nitriles is 1. The minimum Gasteiger partial charge on any atom is -0.255 e. The second kappa shape index (κ2) is 8.25. The Kier molecular flexibility index (Phi) is 5.18. The Hall–Kier alpha value is -3.82. The van der Waals surface area contributed by atoms with Gasteiger partial charge in [-0.1, -0.05) is 54.6 Å². The van der Waals surface area contributed by atoms with E-state index in [4.69, 9.17) is 5.26 Å². The molecular formula is C22H15N5S. The fourth-order valence-electron chi connectivity index (χ4n) is 2.60. The predicted octanol–water partition coefficient (Wildman–Crippen LogP) is 5.19. The number of nitrogens with zero attached hydrogens (tertiary/aromatic N) is 4. The van der Waals surface area contributed by atoms with Crippen molar-refractivity contribution in [3.63, 3.8) is 0 Å². The number of thiazole rings is 1. The first kappa shape index (κ1) is 17.6. The third-order valence-electron chi connectivity index (χ3n) is 4.05. The van der Waals surface area contributed by atoms with Gasteiger partial charge in [0.2, 0.25) is 5.13 Å². The van der Waals surface area contributed by atoms with Crippen molar-refractivity contribution in [3.05, 3.63) is 89.4 Å². The van der Waals surface area contributed by atoms with E-state index < -0.39 is 0 Å². The van der Waals surface area contributed by atoms with Crippen LogP contribution < -0.4 is 5.43 Å². The number of hydrogen-bond acceptors (Lipinski definition) is 6. The van der Waals surface area contributed by atoms with Crippen LogP contribution >= 0.6 is 11.3 Å². The number of anilines is 1. The van der Waals surface area contributed by atoms with E-state index in [0.717, 1.165) is 33.2 Å². The maximum atomic E-state index is 8.85. The van der Waals surface area contributed by atoms with Gasteiger partial charge in [0.15, 0.2) is 0 Å². The van der Waals surface area contributed by atoms with Gasteiger partial charge in [-0.15, -0.1) is 11.3 Å². The first-order valence-corrected chi connectivity index (χ1v) is 9.46. The highest BCUT2D eigenvalue weighted by atomic mass is 32.1. The highest BCUT2D eigenvalue weighted by Crippen LogP contribution is 2.24. The molecule has 0 amide bonds. The maximum absolute atomic E-state index is 8.85. The summed E-state index contributed by atoms with van der Waals surface area (Å²) >= 11 is 1.52. The Balaban J connectivity index is 1.40. The van der Waals surface area contributed by atoms with Crippen LogP contribution in [-0.4, -0.2) is 16.2 Å². The minimum absolute atomic E-state index is 0.552. The Labute approximate surface area is 166 Å². The van der Waals surface area contributed by atoms with Crippen LogP contribution in [0.4, 0.5) is 5.13 Å². The molecule has 0 unspecified atom stereocenters. The highest BCUT2D eigenvalue weighted by molar-refractivity contribution is 7.14.